The van der Waals surface area contributed by atoms with Crippen molar-refractivity contribution in [3.8, 4) is 5.75 Å². The number of methoxy groups -OCH3 is 1. The number of thiophene rings is 1. The van der Waals surface area contributed by atoms with E-state index in [9.17, 15) is 4.79 Å². The Morgan fingerprint density at radius 2 is 2.28 bits per heavy atom. The summed E-state index contributed by atoms with van der Waals surface area (Å²) in [5, 5.41) is 5.58. The third-order valence-electron chi connectivity index (χ3n) is 4.98. The number of hydrogen-bond donors (Lipinski definition) is 1. The number of carbonyl (C=O) groups excluding carboxylic acids is 1. The molecule has 0 aromatic carbocycles. The van der Waals surface area contributed by atoms with Gasteiger partial charge < -0.3 is 15.0 Å². The fourth-order valence-corrected chi connectivity index (χ4v) is 4.35. The second-order valence-electron chi connectivity index (χ2n) is 6.58. The predicted octanol–water partition coefficient (Wildman–Crippen LogP) is 2.82. The van der Waals surface area contributed by atoms with E-state index < -0.39 is 0 Å². The molecule has 1 atom stereocenters. The van der Waals surface area contributed by atoms with Crippen LogP contribution in [0.4, 0.5) is 0 Å². The summed E-state index contributed by atoms with van der Waals surface area (Å²) < 4.78 is 5.36. The standard InChI is InChI=1S/C19H25N3O2S/c1-22-14-19(8-6-18(22)23,17-5-3-4-10-21-17)9-11-20-13-16-15(24-2)7-12-25-16/h3-5,7,10,12,20H,6,8-9,11,13-14H2,1-2H3. The Bertz CT molecular complexity index is 704. The second kappa shape index (κ2) is 7.97. The molecule has 1 aliphatic rings. The molecule has 0 spiro atoms. The molecule has 0 bridgehead atoms. The van der Waals surface area contributed by atoms with Crippen molar-refractivity contribution in [2.75, 3.05) is 27.2 Å². The summed E-state index contributed by atoms with van der Waals surface area (Å²) >= 11 is 1.70. The minimum Gasteiger partial charge on any atom is -0.496 e. The van der Waals surface area contributed by atoms with E-state index >= 15 is 0 Å². The highest BCUT2D eigenvalue weighted by molar-refractivity contribution is 7.10. The van der Waals surface area contributed by atoms with Gasteiger partial charge in [-0.15, -0.1) is 11.3 Å². The first-order chi connectivity index (χ1) is 12.1. The van der Waals surface area contributed by atoms with E-state index in [-0.39, 0.29) is 11.3 Å². The zero-order valence-electron chi connectivity index (χ0n) is 14.8. The van der Waals surface area contributed by atoms with E-state index in [0.29, 0.717) is 6.42 Å². The number of carbonyl (C=O) groups is 1. The minimum atomic E-state index is -0.0730. The molecule has 6 heteroatoms. The molecule has 2 aromatic rings. The molecule has 3 rings (SSSR count). The number of amides is 1. The van der Waals surface area contributed by atoms with Crippen LogP contribution in [0, 0.1) is 0 Å². The largest absolute Gasteiger partial charge is 0.496 e. The summed E-state index contributed by atoms with van der Waals surface area (Å²) in [6, 6.07) is 8.06. The second-order valence-corrected chi connectivity index (χ2v) is 7.58. The number of piperidine rings is 1. The Balaban J connectivity index is 1.66. The van der Waals surface area contributed by atoms with E-state index in [4.69, 9.17) is 4.74 Å². The van der Waals surface area contributed by atoms with Crippen LogP contribution in [0.1, 0.15) is 29.8 Å². The van der Waals surface area contributed by atoms with Crippen LogP contribution in [0.3, 0.4) is 0 Å². The van der Waals surface area contributed by atoms with E-state index in [1.54, 1.807) is 18.4 Å². The highest BCUT2D eigenvalue weighted by Gasteiger charge is 2.39. The number of likely N-dealkylation sites (N-methyl/N-ethyl adjacent to an activating group) is 1. The number of pyridine rings is 1. The molecule has 134 valence electrons. The van der Waals surface area contributed by atoms with Crippen molar-refractivity contribution in [2.45, 2.75) is 31.2 Å². The van der Waals surface area contributed by atoms with E-state index in [1.165, 1.54) is 4.88 Å². The molecule has 2 aromatic heterocycles. The molecule has 1 fully saturated rings. The Kier molecular flexibility index (Phi) is 5.71. The van der Waals surface area contributed by atoms with E-state index in [2.05, 4.69) is 16.4 Å². The van der Waals surface area contributed by atoms with Crippen molar-refractivity contribution in [2.24, 2.45) is 0 Å². The quantitative estimate of drug-likeness (QED) is 0.773. The molecule has 25 heavy (non-hydrogen) atoms. The third-order valence-corrected chi connectivity index (χ3v) is 5.88. The van der Waals surface area contributed by atoms with Crippen LogP contribution >= 0.6 is 11.3 Å². The van der Waals surface area contributed by atoms with Crippen molar-refractivity contribution in [3.63, 3.8) is 0 Å². The number of nitrogens with zero attached hydrogens (tertiary/aromatic N) is 2. The average molecular weight is 359 g/mol. The van der Waals surface area contributed by atoms with Gasteiger partial charge in [0.05, 0.1) is 12.0 Å². The predicted molar refractivity (Wildman–Crippen MR) is 100.0 cm³/mol. The highest BCUT2D eigenvalue weighted by Crippen LogP contribution is 2.36. The van der Waals surface area contributed by atoms with Gasteiger partial charge in [-0.05, 0) is 43.0 Å². The van der Waals surface area contributed by atoms with Gasteiger partial charge in [-0.25, -0.2) is 0 Å². The monoisotopic (exact) mass is 359 g/mol. The van der Waals surface area contributed by atoms with Crippen LogP contribution in [-0.4, -0.2) is 43.0 Å². The van der Waals surface area contributed by atoms with Crippen LogP contribution in [0.2, 0.25) is 0 Å². The van der Waals surface area contributed by atoms with Crippen molar-refractivity contribution in [1.82, 2.24) is 15.2 Å². The van der Waals surface area contributed by atoms with Gasteiger partial charge in [0.15, 0.2) is 0 Å². The summed E-state index contributed by atoms with van der Waals surface area (Å²) in [6.45, 7) is 2.40. The molecule has 5 nitrogen and oxygen atoms in total. The van der Waals surface area contributed by atoms with Gasteiger partial charge in [-0.2, -0.15) is 0 Å². The van der Waals surface area contributed by atoms with Gasteiger partial charge in [0.2, 0.25) is 5.91 Å². The fourth-order valence-electron chi connectivity index (χ4n) is 3.55. The molecular formula is C19H25N3O2S. The van der Waals surface area contributed by atoms with Crippen LogP contribution in [-0.2, 0) is 16.8 Å². The fraction of sp³-hybridized carbons (Fsp3) is 0.474. The van der Waals surface area contributed by atoms with Crippen molar-refractivity contribution in [1.29, 1.82) is 0 Å². The van der Waals surface area contributed by atoms with Crippen molar-refractivity contribution >= 4 is 17.2 Å². The Labute approximate surface area is 153 Å². The maximum absolute atomic E-state index is 11.9. The topological polar surface area (TPSA) is 54.5 Å². The highest BCUT2D eigenvalue weighted by atomic mass is 32.1. The number of hydrogen-bond acceptors (Lipinski definition) is 5. The lowest BCUT2D eigenvalue weighted by atomic mass is 9.74. The van der Waals surface area contributed by atoms with Crippen LogP contribution in [0.15, 0.2) is 35.8 Å². The molecule has 1 unspecified atom stereocenters. The third kappa shape index (κ3) is 4.02. The van der Waals surface area contributed by atoms with Crippen molar-refractivity contribution < 1.29 is 9.53 Å². The maximum Gasteiger partial charge on any atom is 0.222 e. The molecule has 1 amide bonds. The first kappa shape index (κ1) is 17.9. The molecule has 1 N–H and O–H groups in total. The van der Waals surface area contributed by atoms with E-state index in [0.717, 1.165) is 43.9 Å². The van der Waals surface area contributed by atoms with E-state index in [1.807, 2.05) is 41.7 Å². The van der Waals surface area contributed by atoms with Gasteiger partial charge in [0.1, 0.15) is 5.75 Å². The zero-order chi connectivity index (χ0) is 17.7. The minimum absolute atomic E-state index is 0.0730. The molecule has 0 aliphatic carbocycles. The summed E-state index contributed by atoms with van der Waals surface area (Å²) in [6.07, 6.45) is 4.25. The zero-order valence-corrected chi connectivity index (χ0v) is 15.6. The summed E-state index contributed by atoms with van der Waals surface area (Å²) in [5.74, 6) is 1.17. The molecule has 3 heterocycles. The van der Waals surface area contributed by atoms with Gasteiger partial charge in [0.25, 0.3) is 0 Å². The lowest BCUT2D eigenvalue weighted by Crippen LogP contribution is -2.48. The van der Waals surface area contributed by atoms with Gasteiger partial charge in [-0.1, -0.05) is 6.07 Å². The van der Waals surface area contributed by atoms with Crippen LogP contribution in [0.25, 0.3) is 0 Å². The number of rotatable bonds is 7. The molecule has 1 saturated heterocycles. The first-order valence-electron chi connectivity index (χ1n) is 8.61. The Morgan fingerprint density at radius 3 is 3.00 bits per heavy atom. The Morgan fingerprint density at radius 1 is 1.40 bits per heavy atom. The molecule has 0 saturated carbocycles. The number of likely N-dealkylation sites (tertiary alicyclic amines) is 1. The smallest absolute Gasteiger partial charge is 0.222 e. The van der Waals surface area contributed by atoms with Gasteiger partial charge >= 0.3 is 0 Å². The summed E-state index contributed by atoms with van der Waals surface area (Å²) in [4.78, 5) is 19.6. The number of ether oxygens (including phenoxy) is 1. The molecule has 0 radical (unpaired) electrons. The Hall–Kier alpha value is -1.92. The van der Waals surface area contributed by atoms with Crippen LogP contribution < -0.4 is 10.1 Å². The number of aromatic nitrogens is 1. The normalized spacial score (nSPS) is 20.7. The SMILES string of the molecule is COc1ccsc1CNCCC1(c2ccccn2)CCC(=O)N(C)C1. The van der Waals surface area contributed by atoms with Crippen molar-refractivity contribution in [3.05, 3.63) is 46.4 Å². The lowest BCUT2D eigenvalue weighted by molar-refractivity contribution is -0.134. The molecular weight excluding hydrogens is 334 g/mol. The lowest BCUT2D eigenvalue weighted by Gasteiger charge is -2.41. The average Bonchev–Trinajstić information content (AvgIpc) is 3.10. The maximum atomic E-state index is 11.9. The van der Waals surface area contributed by atoms with Gasteiger partial charge in [-0.3, -0.25) is 9.78 Å². The van der Waals surface area contributed by atoms with Crippen LogP contribution in [0.5, 0.6) is 5.75 Å². The molecule has 1 aliphatic heterocycles. The summed E-state index contributed by atoms with van der Waals surface area (Å²) in [5.41, 5.74) is 1.01. The summed E-state index contributed by atoms with van der Waals surface area (Å²) in [7, 11) is 3.60. The number of nitrogens with one attached hydrogen (secondary N) is 1. The van der Waals surface area contributed by atoms with Gasteiger partial charge in [0, 0.05) is 43.9 Å². The first-order valence-corrected chi connectivity index (χ1v) is 9.49.